The molecule has 1 aromatic heterocycles. The first-order chi connectivity index (χ1) is 16.6. The third kappa shape index (κ3) is 5.74. The lowest BCUT2D eigenvalue weighted by molar-refractivity contribution is -0.138. The maximum absolute atomic E-state index is 14.7. The summed E-state index contributed by atoms with van der Waals surface area (Å²) in [4.78, 5) is 30.9. The van der Waals surface area contributed by atoms with Crippen LogP contribution in [0.2, 0.25) is 0 Å². The molecule has 1 N–H and O–H groups in total. The van der Waals surface area contributed by atoms with Gasteiger partial charge in [-0.05, 0) is 49.3 Å². The summed E-state index contributed by atoms with van der Waals surface area (Å²) in [6, 6.07) is 5.87. The molecule has 0 spiro atoms. The first kappa shape index (κ1) is 26.0. The number of carbonyl (C=O) groups excluding carboxylic acids is 2. The van der Waals surface area contributed by atoms with Crippen molar-refractivity contribution in [2.45, 2.75) is 38.3 Å². The van der Waals surface area contributed by atoms with Gasteiger partial charge in [0, 0.05) is 25.7 Å². The van der Waals surface area contributed by atoms with Crippen LogP contribution < -0.4 is 15.1 Å². The summed E-state index contributed by atoms with van der Waals surface area (Å²) < 4.78 is 55.3. The van der Waals surface area contributed by atoms with Crippen LogP contribution in [0, 0.1) is 17.1 Å². The Balaban J connectivity index is 2.10. The lowest BCUT2D eigenvalue weighted by Crippen LogP contribution is -2.47. The Morgan fingerprint density at radius 1 is 1.17 bits per heavy atom. The summed E-state index contributed by atoms with van der Waals surface area (Å²) in [5.41, 5.74) is -2.33. The number of hydrogen-bond acceptors (Lipinski definition) is 5. The minimum absolute atomic E-state index is 0.0271. The van der Waals surface area contributed by atoms with E-state index in [4.69, 9.17) is 17.5 Å². The molecule has 0 radical (unpaired) electrons. The van der Waals surface area contributed by atoms with Crippen molar-refractivity contribution < 1.29 is 27.2 Å². The van der Waals surface area contributed by atoms with Crippen LogP contribution in [0.3, 0.4) is 0 Å². The lowest BCUT2D eigenvalue weighted by atomic mass is 10.1. The number of amides is 2. The number of carbonyl (C=O) groups is 2. The fourth-order valence-corrected chi connectivity index (χ4v) is 4.10. The molecule has 0 saturated carbocycles. The molecule has 0 bridgehead atoms. The van der Waals surface area contributed by atoms with Crippen molar-refractivity contribution in [3.8, 4) is 6.07 Å². The largest absolute Gasteiger partial charge is 0.419 e. The van der Waals surface area contributed by atoms with Crippen molar-refractivity contribution in [3.05, 3.63) is 53.1 Å². The van der Waals surface area contributed by atoms with E-state index in [0.29, 0.717) is 25.3 Å². The second-order valence-corrected chi connectivity index (χ2v) is 8.14. The highest BCUT2D eigenvalue weighted by molar-refractivity contribution is 7.81. The van der Waals surface area contributed by atoms with Gasteiger partial charge in [-0.25, -0.2) is 9.37 Å². The van der Waals surface area contributed by atoms with Crippen molar-refractivity contribution in [1.82, 2.24) is 10.3 Å². The van der Waals surface area contributed by atoms with E-state index in [1.807, 2.05) is 0 Å². The molecule has 1 fully saturated rings. The zero-order valence-electron chi connectivity index (χ0n) is 18.7. The fraction of sp³-hybridized carbons (Fsp3) is 0.348. The second-order valence-electron chi connectivity index (χ2n) is 7.77. The normalized spacial score (nSPS) is 15.5. The Kier molecular flexibility index (Phi) is 8.01. The molecular formula is C23H21F4N5O2S. The number of halogens is 4. The van der Waals surface area contributed by atoms with E-state index < -0.39 is 35.1 Å². The van der Waals surface area contributed by atoms with E-state index in [1.54, 1.807) is 0 Å². The third-order valence-electron chi connectivity index (χ3n) is 5.47. The number of anilines is 2. The van der Waals surface area contributed by atoms with Gasteiger partial charge in [0.2, 0.25) is 5.91 Å². The Morgan fingerprint density at radius 2 is 1.89 bits per heavy atom. The van der Waals surface area contributed by atoms with Crippen LogP contribution in [0.4, 0.5) is 28.9 Å². The number of benzene rings is 1. The molecule has 1 aliphatic rings. The molecule has 1 aliphatic heterocycles. The highest BCUT2D eigenvalue weighted by atomic mass is 32.1. The number of alkyl halides is 3. The van der Waals surface area contributed by atoms with Crippen LogP contribution in [0.25, 0.3) is 0 Å². The van der Waals surface area contributed by atoms with Crippen LogP contribution in [-0.2, 0) is 11.0 Å². The molecule has 35 heavy (non-hydrogen) atoms. The van der Waals surface area contributed by atoms with Gasteiger partial charge in [-0.1, -0.05) is 12.8 Å². The summed E-state index contributed by atoms with van der Waals surface area (Å²) in [6.07, 6.45) is -1.25. The van der Waals surface area contributed by atoms with Gasteiger partial charge in [0.05, 0.1) is 23.0 Å². The average molecular weight is 508 g/mol. The van der Waals surface area contributed by atoms with Crippen molar-refractivity contribution in [2.75, 3.05) is 23.4 Å². The fourth-order valence-electron chi connectivity index (χ4n) is 3.70. The van der Waals surface area contributed by atoms with Crippen LogP contribution in [0.5, 0.6) is 0 Å². The summed E-state index contributed by atoms with van der Waals surface area (Å²) in [6.45, 7) is 0.261. The molecule has 0 unspecified atom stereocenters. The number of hydrogen-bond donors (Lipinski definition) is 1. The van der Waals surface area contributed by atoms with E-state index in [-0.39, 0.29) is 35.0 Å². The van der Waals surface area contributed by atoms with Gasteiger partial charge in [-0.15, -0.1) is 0 Å². The lowest BCUT2D eigenvalue weighted by Gasteiger charge is -2.33. The number of nitrogens with zero attached hydrogens (tertiary/aromatic N) is 4. The second kappa shape index (κ2) is 10.8. The van der Waals surface area contributed by atoms with E-state index >= 15 is 0 Å². The molecule has 1 saturated heterocycles. The molecule has 7 nitrogen and oxygen atoms in total. The first-order valence-corrected chi connectivity index (χ1v) is 11.1. The molecule has 0 aliphatic carbocycles. The summed E-state index contributed by atoms with van der Waals surface area (Å²) in [7, 11) is 1.36. The Bertz CT molecular complexity index is 1200. The number of rotatable bonds is 3. The minimum atomic E-state index is -4.88. The van der Waals surface area contributed by atoms with Crippen LogP contribution in [-0.4, -0.2) is 35.5 Å². The summed E-state index contributed by atoms with van der Waals surface area (Å²) >= 11 is 5.54. The molecule has 2 aromatic rings. The summed E-state index contributed by atoms with van der Waals surface area (Å²) in [5.74, 6) is -2.00. The molecule has 2 heterocycles. The van der Waals surface area contributed by atoms with Gasteiger partial charge >= 0.3 is 6.18 Å². The van der Waals surface area contributed by atoms with Crippen molar-refractivity contribution >= 4 is 40.5 Å². The number of pyridine rings is 1. The molecule has 184 valence electrons. The standard InChI is InChI=1S/C23H21F4N5O2S/c1-29-21(34)16-8-7-14(11-18(16)24)31-9-5-3-2-4-6-20(33)32(22(31)35)15-10-17(23(25,26)27)19(12-28)30-13-15/h7-8,10-11,13H,2-6,9H2,1H3,(H,29,34). The van der Waals surface area contributed by atoms with E-state index in [0.717, 1.165) is 23.6 Å². The van der Waals surface area contributed by atoms with Crippen molar-refractivity contribution in [1.29, 1.82) is 5.26 Å². The average Bonchev–Trinajstić information content (AvgIpc) is 2.82. The number of thiocarbonyl (C=S) groups is 1. The molecule has 3 rings (SSSR count). The zero-order chi connectivity index (χ0) is 25.8. The van der Waals surface area contributed by atoms with Crippen LogP contribution in [0.1, 0.15) is 53.7 Å². The number of nitrogens with one attached hydrogen (secondary N) is 1. The predicted octanol–water partition coefficient (Wildman–Crippen LogP) is 4.56. The molecule has 2 amide bonds. The first-order valence-electron chi connectivity index (χ1n) is 10.7. The molecule has 1 aromatic carbocycles. The van der Waals surface area contributed by atoms with E-state index in [2.05, 4.69) is 10.3 Å². The van der Waals surface area contributed by atoms with Crippen LogP contribution in [0.15, 0.2) is 30.5 Å². The Morgan fingerprint density at radius 3 is 2.51 bits per heavy atom. The van der Waals surface area contributed by atoms with Gasteiger partial charge < -0.3 is 10.2 Å². The van der Waals surface area contributed by atoms with Crippen molar-refractivity contribution in [2.24, 2.45) is 0 Å². The topological polar surface area (TPSA) is 89.3 Å². The minimum Gasteiger partial charge on any atom is -0.355 e. The van der Waals surface area contributed by atoms with Crippen molar-refractivity contribution in [3.63, 3.8) is 0 Å². The number of nitriles is 1. The summed E-state index contributed by atoms with van der Waals surface area (Å²) in [5, 5.41) is 11.2. The van der Waals surface area contributed by atoms with Gasteiger partial charge in [0.1, 0.15) is 11.9 Å². The van der Waals surface area contributed by atoms with Gasteiger partial charge in [-0.2, -0.15) is 18.4 Å². The van der Waals surface area contributed by atoms with Gasteiger partial charge in [-0.3, -0.25) is 14.5 Å². The van der Waals surface area contributed by atoms with Crippen LogP contribution >= 0.6 is 12.2 Å². The van der Waals surface area contributed by atoms with Gasteiger partial charge in [0.25, 0.3) is 5.91 Å². The number of aromatic nitrogens is 1. The smallest absolute Gasteiger partial charge is 0.355 e. The highest BCUT2D eigenvalue weighted by Gasteiger charge is 2.36. The Labute approximate surface area is 204 Å². The highest BCUT2D eigenvalue weighted by Crippen LogP contribution is 2.34. The predicted molar refractivity (Wildman–Crippen MR) is 124 cm³/mol. The van der Waals surface area contributed by atoms with E-state index in [9.17, 15) is 27.2 Å². The Hall–Kier alpha value is -3.59. The zero-order valence-corrected chi connectivity index (χ0v) is 19.5. The maximum atomic E-state index is 14.7. The maximum Gasteiger partial charge on any atom is 0.419 e. The van der Waals surface area contributed by atoms with E-state index in [1.165, 1.54) is 30.1 Å². The monoisotopic (exact) mass is 507 g/mol. The molecule has 0 atom stereocenters. The SMILES string of the molecule is CNC(=O)c1ccc(N2CCCCCCC(=O)N(c3cnc(C#N)c(C(F)(F)F)c3)C2=S)cc1F. The quantitative estimate of drug-likeness (QED) is 0.484. The molecular weight excluding hydrogens is 486 g/mol. The third-order valence-corrected chi connectivity index (χ3v) is 5.88. The van der Waals surface area contributed by atoms with Gasteiger partial charge in [0.15, 0.2) is 10.8 Å². The molecule has 12 heteroatoms.